The highest BCUT2D eigenvalue weighted by atomic mass is 16.5. The van der Waals surface area contributed by atoms with Gasteiger partial charge in [0.1, 0.15) is 6.73 Å². The number of carboxylic acids is 7. The Bertz CT molecular complexity index is 1520. The topological polar surface area (TPSA) is 360 Å². The number of carbonyl (C=O) groups excluding carboxylic acids is 1. The highest BCUT2D eigenvalue weighted by molar-refractivity contribution is 5.71. The smallest absolute Gasteiger partial charge is 0.317 e. The van der Waals surface area contributed by atoms with Gasteiger partial charge in [0.25, 0.3) is 6.47 Å². The summed E-state index contributed by atoms with van der Waals surface area (Å²) in [5.74, 6) is -7.74. The van der Waals surface area contributed by atoms with E-state index in [0.29, 0.717) is 0 Å². The standard InChI is InChI=1S/C40H72N10O18/c51-31-68-30-50(22-33(53)20-42-3-7-45(25-36(58)59)11-15-48(28-39(64)65)16-12-46(8-4-42)26-37(60)61)18-17-49(29-40(66)67)21-32(52)19-41-1-5-43(23-34(54)55)9-13-47(27-38(62)63)14-10-44(6-2-41)24-35(56)57/h31-33,52-53H,1-30H2,(H,54,55)(H,56,57)(H,58,59)(H,60,61)(H,62,63)(H,64,65)(H,66,67). The molecule has 68 heavy (non-hydrogen) atoms. The number of nitrogens with zero attached hydrogens (tertiary/aromatic N) is 10. The van der Waals surface area contributed by atoms with Gasteiger partial charge in [0.05, 0.1) is 58.0 Å². The molecule has 0 bridgehead atoms. The van der Waals surface area contributed by atoms with Gasteiger partial charge in [-0.25, -0.2) is 0 Å². The van der Waals surface area contributed by atoms with Crippen molar-refractivity contribution in [3.05, 3.63) is 0 Å². The molecule has 2 heterocycles. The third kappa shape index (κ3) is 28.6. The van der Waals surface area contributed by atoms with Crippen LogP contribution in [0.2, 0.25) is 0 Å². The number of aliphatic hydroxyl groups excluding tert-OH is 2. The summed E-state index contributed by atoms with van der Waals surface area (Å²) in [5, 5.41) is 89.6. The number of aliphatic hydroxyl groups is 2. The van der Waals surface area contributed by atoms with Crippen LogP contribution in [-0.2, 0) is 43.1 Å². The van der Waals surface area contributed by atoms with Crippen LogP contribution in [0.4, 0.5) is 0 Å². The van der Waals surface area contributed by atoms with Gasteiger partial charge < -0.3 is 50.7 Å². The van der Waals surface area contributed by atoms with Gasteiger partial charge in [0.2, 0.25) is 0 Å². The second-order valence-electron chi connectivity index (χ2n) is 17.0. The predicted molar refractivity (Wildman–Crippen MR) is 237 cm³/mol. The first-order chi connectivity index (χ1) is 32.2. The summed E-state index contributed by atoms with van der Waals surface area (Å²) in [5.41, 5.74) is 0. The van der Waals surface area contributed by atoms with E-state index in [1.54, 1.807) is 34.3 Å². The maximum absolute atomic E-state index is 12.0. The Morgan fingerprint density at radius 3 is 0.868 bits per heavy atom. The summed E-state index contributed by atoms with van der Waals surface area (Å²) in [4.78, 5) is 110. The van der Waals surface area contributed by atoms with Gasteiger partial charge in [0.15, 0.2) is 0 Å². The van der Waals surface area contributed by atoms with Crippen LogP contribution < -0.4 is 0 Å². The fourth-order valence-electron chi connectivity index (χ4n) is 7.98. The first-order valence-electron chi connectivity index (χ1n) is 22.4. The molecule has 0 aromatic heterocycles. The van der Waals surface area contributed by atoms with Crippen LogP contribution in [0, 0.1) is 0 Å². The van der Waals surface area contributed by atoms with Crippen molar-refractivity contribution in [2.45, 2.75) is 12.2 Å². The number of aliphatic carboxylic acids is 7. The first kappa shape index (κ1) is 59.4. The van der Waals surface area contributed by atoms with Crippen LogP contribution in [0.15, 0.2) is 0 Å². The average Bonchev–Trinajstić information content (AvgIpc) is 3.22. The third-order valence-corrected chi connectivity index (χ3v) is 11.3. The second kappa shape index (κ2) is 32.9. The first-order valence-corrected chi connectivity index (χ1v) is 22.4. The van der Waals surface area contributed by atoms with Crippen molar-refractivity contribution in [3.63, 3.8) is 0 Å². The Morgan fingerprint density at radius 1 is 0.397 bits per heavy atom. The molecule has 0 aromatic carbocycles. The van der Waals surface area contributed by atoms with E-state index in [0.717, 1.165) is 0 Å². The van der Waals surface area contributed by atoms with Gasteiger partial charge in [-0.3, -0.25) is 87.4 Å². The Hall–Kier alpha value is -4.72. The van der Waals surface area contributed by atoms with E-state index >= 15 is 0 Å². The molecule has 2 rings (SSSR count). The van der Waals surface area contributed by atoms with Gasteiger partial charge in [-0.15, -0.1) is 0 Å². The number of ether oxygens (including phenoxy) is 1. The summed E-state index contributed by atoms with van der Waals surface area (Å²) >= 11 is 0. The molecule has 0 saturated carbocycles. The quantitative estimate of drug-likeness (QED) is 0.0260. The van der Waals surface area contributed by atoms with E-state index in [1.807, 2.05) is 9.80 Å². The summed E-state index contributed by atoms with van der Waals surface area (Å²) in [6.07, 6.45) is -2.27. The van der Waals surface area contributed by atoms with E-state index in [1.165, 1.54) is 4.90 Å². The van der Waals surface area contributed by atoms with Gasteiger partial charge in [-0.2, -0.15) is 0 Å². The van der Waals surface area contributed by atoms with Crippen molar-refractivity contribution < 1.29 is 89.1 Å². The molecule has 28 heteroatoms. The number of β-amino-alcohol motifs (C(OH)–C–C–N with tert-alkyl or cyclic N) is 2. The van der Waals surface area contributed by atoms with Crippen molar-refractivity contribution in [1.82, 2.24) is 49.0 Å². The molecule has 0 aliphatic carbocycles. The summed E-state index contributed by atoms with van der Waals surface area (Å²) in [6, 6.07) is 0. The van der Waals surface area contributed by atoms with Gasteiger partial charge in [-0.05, 0) is 0 Å². The monoisotopic (exact) mass is 981 g/mol. The Kier molecular flexibility index (Phi) is 28.8. The predicted octanol–water partition coefficient (Wildman–Crippen LogP) is -6.52. The minimum absolute atomic E-state index is 0.00995. The molecular formula is C40H72N10O18. The number of carboxylic acid groups (broad SMARTS) is 7. The molecular weight excluding hydrogens is 908 g/mol. The largest absolute Gasteiger partial charge is 0.480 e. The molecule has 0 aromatic rings. The lowest BCUT2D eigenvalue weighted by atomic mass is 10.2. The van der Waals surface area contributed by atoms with Crippen LogP contribution in [0.5, 0.6) is 0 Å². The molecule has 390 valence electrons. The highest BCUT2D eigenvalue weighted by Crippen LogP contribution is 2.07. The normalized spacial score (nSPS) is 19.5. The SMILES string of the molecule is O=COCN(CCN(CC(=O)O)CC(O)CN1CCN(CC(=O)O)CCN(CC(=O)O)CCN(CC(=O)O)CC1)CC(O)CN1CCN(CC(=O)O)CCN(CC(=O)O)CCN(CC(=O)O)CC1. The van der Waals surface area contributed by atoms with Gasteiger partial charge >= 0.3 is 41.8 Å². The number of hydrogen-bond donors (Lipinski definition) is 9. The lowest BCUT2D eigenvalue weighted by Gasteiger charge is -2.35. The molecule has 2 aliphatic rings. The molecule has 2 saturated heterocycles. The zero-order valence-corrected chi connectivity index (χ0v) is 38.6. The van der Waals surface area contributed by atoms with Crippen molar-refractivity contribution >= 4 is 48.3 Å². The van der Waals surface area contributed by atoms with E-state index in [4.69, 9.17) is 4.74 Å². The summed E-state index contributed by atoms with van der Waals surface area (Å²) < 4.78 is 5.01. The van der Waals surface area contributed by atoms with E-state index < -0.39 is 60.5 Å². The highest BCUT2D eigenvalue weighted by Gasteiger charge is 2.26. The number of rotatable bonds is 28. The van der Waals surface area contributed by atoms with E-state index in [9.17, 15) is 84.3 Å². The third-order valence-electron chi connectivity index (χ3n) is 11.3. The number of carbonyl (C=O) groups is 8. The fourth-order valence-corrected chi connectivity index (χ4v) is 7.98. The zero-order valence-electron chi connectivity index (χ0n) is 38.6. The maximum atomic E-state index is 12.0. The lowest BCUT2D eigenvalue weighted by molar-refractivity contribution is -0.140. The van der Waals surface area contributed by atoms with E-state index in [2.05, 4.69) is 0 Å². The molecule has 9 N–H and O–H groups in total. The van der Waals surface area contributed by atoms with Crippen LogP contribution >= 0.6 is 0 Å². The maximum Gasteiger partial charge on any atom is 0.317 e. The molecule has 2 unspecified atom stereocenters. The van der Waals surface area contributed by atoms with Gasteiger partial charge in [0, 0.05) is 144 Å². The molecule has 0 radical (unpaired) electrons. The van der Waals surface area contributed by atoms with E-state index in [-0.39, 0.29) is 196 Å². The average molecular weight is 981 g/mol. The van der Waals surface area contributed by atoms with Crippen molar-refractivity contribution in [2.24, 2.45) is 0 Å². The zero-order chi connectivity index (χ0) is 50.6. The van der Waals surface area contributed by atoms with Crippen molar-refractivity contribution in [3.8, 4) is 0 Å². The molecule has 0 amide bonds. The van der Waals surface area contributed by atoms with Gasteiger partial charge in [-0.1, -0.05) is 0 Å². The number of hydrogen-bond acceptors (Lipinski definition) is 21. The van der Waals surface area contributed by atoms with Crippen LogP contribution in [-0.4, -0.2) is 352 Å². The fraction of sp³-hybridized carbons (Fsp3) is 0.800. The van der Waals surface area contributed by atoms with Crippen molar-refractivity contribution in [1.29, 1.82) is 0 Å². The molecule has 0 spiro atoms. The Labute approximate surface area is 394 Å². The van der Waals surface area contributed by atoms with Crippen LogP contribution in [0.3, 0.4) is 0 Å². The van der Waals surface area contributed by atoms with Crippen molar-refractivity contribution in [2.75, 3.05) is 197 Å². The second-order valence-corrected chi connectivity index (χ2v) is 17.0. The lowest BCUT2D eigenvalue weighted by Crippen LogP contribution is -2.51. The van der Waals surface area contributed by atoms with Crippen LogP contribution in [0.1, 0.15) is 0 Å². The summed E-state index contributed by atoms with van der Waals surface area (Å²) in [6.45, 7) is 0.731. The molecule has 2 fully saturated rings. The summed E-state index contributed by atoms with van der Waals surface area (Å²) in [7, 11) is 0. The van der Waals surface area contributed by atoms with Crippen LogP contribution in [0.25, 0.3) is 0 Å². The molecule has 2 aliphatic heterocycles. The Balaban J connectivity index is 2.20. The molecule has 2 atom stereocenters. The minimum atomic E-state index is -1.21. The minimum Gasteiger partial charge on any atom is -0.480 e. The molecule has 28 nitrogen and oxygen atoms in total. The Morgan fingerprint density at radius 2 is 0.632 bits per heavy atom.